The van der Waals surface area contributed by atoms with Crippen LogP contribution in [-0.4, -0.2) is 31.1 Å². The average molecular weight is 200 g/mol. The first-order valence-electron chi connectivity index (χ1n) is 5.55. The zero-order valence-electron chi connectivity index (χ0n) is 8.58. The van der Waals surface area contributed by atoms with Crippen LogP contribution < -0.4 is 11.5 Å². The van der Waals surface area contributed by atoms with E-state index in [1.165, 1.54) is 19.3 Å². The highest BCUT2D eigenvalue weighted by molar-refractivity contribution is 4.88. The molecular formula is C10H20N2O2. The quantitative estimate of drug-likeness (QED) is 0.674. The molecule has 1 aliphatic carbocycles. The van der Waals surface area contributed by atoms with Crippen molar-refractivity contribution in [1.82, 2.24) is 0 Å². The molecule has 2 unspecified atom stereocenters. The van der Waals surface area contributed by atoms with Crippen molar-refractivity contribution in [2.75, 3.05) is 13.1 Å². The maximum Gasteiger partial charge on any atom is 0.169 e. The second-order valence-corrected chi connectivity index (χ2v) is 4.26. The molecule has 4 N–H and O–H groups in total. The minimum atomic E-state index is -0.341. The van der Waals surface area contributed by atoms with Gasteiger partial charge >= 0.3 is 0 Å². The summed E-state index contributed by atoms with van der Waals surface area (Å²) in [6, 6.07) is 0. The minimum absolute atomic E-state index is 0.00176. The van der Waals surface area contributed by atoms with Crippen LogP contribution in [0.2, 0.25) is 0 Å². The highest BCUT2D eigenvalue weighted by atomic mass is 16.8. The van der Waals surface area contributed by atoms with E-state index >= 15 is 0 Å². The van der Waals surface area contributed by atoms with Gasteiger partial charge < -0.3 is 20.9 Å². The molecule has 2 aliphatic rings. The average Bonchev–Trinajstić information content (AvgIpc) is 2.57. The van der Waals surface area contributed by atoms with Crippen molar-refractivity contribution in [2.24, 2.45) is 11.5 Å². The van der Waals surface area contributed by atoms with E-state index in [0.29, 0.717) is 13.1 Å². The van der Waals surface area contributed by atoms with Crippen molar-refractivity contribution in [3.8, 4) is 0 Å². The second kappa shape index (κ2) is 4.14. The van der Waals surface area contributed by atoms with Crippen molar-refractivity contribution >= 4 is 0 Å². The van der Waals surface area contributed by atoms with E-state index in [0.717, 1.165) is 12.8 Å². The molecule has 4 nitrogen and oxygen atoms in total. The molecule has 0 aromatic carbocycles. The topological polar surface area (TPSA) is 70.5 Å². The lowest BCUT2D eigenvalue weighted by Crippen LogP contribution is -2.35. The van der Waals surface area contributed by atoms with Gasteiger partial charge in [-0.15, -0.1) is 0 Å². The summed E-state index contributed by atoms with van der Waals surface area (Å²) in [4.78, 5) is 0. The molecule has 0 aromatic rings. The lowest BCUT2D eigenvalue weighted by Gasteiger charge is -2.31. The van der Waals surface area contributed by atoms with Gasteiger partial charge in [0.1, 0.15) is 12.2 Å². The first kappa shape index (κ1) is 10.4. The Morgan fingerprint density at radius 1 is 0.929 bits per heavy atom. The SMILES string of the molecule is NCC1OC2(CCCCC2)OC1CN. The molecule has 1 aliphatic heterocycles. The summed E-state index contributed by atoms with van der Waals surface area (Å²) in [5.74, 6) is -0.341. The van der Waals surface area contributed by atoms with Crippen molar-refractivity contribution in [3.63, 3.8) is 0 Å². The van der Waals surface area contributed by atoms with E-state index < -0.39 is 0 Å². The minimum Gasteiger partial charge on any atom is -0.343 e. The summed E-state index contributed by atoms with van der Waals surface area (Å²) >= 11 is 0. The van der Waals surface area contributed by atoms with Crippen molar-refractivity contribution < 1.29 is 9.47 Å². The molecule has 1 saturated heterocycles. The van der Waals surface area contributed by atoms with E-state index in [-0.39, 0.29) is 18.0 Å². The molecule has 0 amide bonds. The molecule has 2 atom stereocenters. The normalized spacial score (nSPS) is 36.4. The van der Waals surface area contributed by atoms with Gasteiger partial charge in [-0.05, 0) is 12.8 Å². The highest BCUT2D eigenvalue weighted by Gasteiger charge is 2.46. The van der Waals surface area contributed by atoms with Gasteiger partial charge in [0.25, 0.3) is 0 Å². The standard InChI is InChI=1S/C10H20N2O2/c11-6-8-9(7-12)14-10(13-8)4-2-1-3-5-10/h8-9H,1-7,11-12H2. The zero-order valence-corrected chi connectivity index (χ0v) is 8.58. The summed E-state index contributed by atoms with van der Waals surface area (Å²) in [5, 5.41) is 0. The molecule has 82 valence electrons. The number of ether oxygens (including phenoxy) is 2. The number of rotatable bonds is 2. The Bertz CT molecular complexity index is 179. The molecule has 0 aromatic heterocycles. The molecule has 0 radical (unpaired) electrons. The largest absolute Gasteiger partial charge is 0.343 e. The van der Waals surface area contributed by atoms with Crippen LogP contribution in [0, 0.1) is 0 Å². The lowest BCUT2D eigenvalue weighted by molar-refractivity contribution is -0.192. The van der Waals surface area contributed by atoms with Gasteiger partial charge in [-0.2, -0.15) is 0 Å². The fourth-order valence-corrected chi connectivity index (χ4v) is 2.46. The van der Waals surface area contributed by atoms with Crippen molar-refractivity contribution in [2.45, 2.75) is 50.1 Å². The summed E-state index contributed by atoms with van der Waals surface area (Å²) < 4.78 is 11.8. The van der Waals surface area contributed by atoms with Gasteiger partial charge in [0.15, 0.2) is 5.79 Å². The number of hydrogen-bond donors (Lipinski definition) is 2. The van der Waals surface area contributed by atoms with Crippen LogP contribution >= 0.6 is 0 Å². The molecule has 0 bridgehead atoms. The van der Waals surface area contributed by atoms with Crippen molar-refractivity contribution in [3.05, 3.63) is 0 Å². The Hall–Kier alpha value is -0.160. The van der Waals surface area contributed by atoms with Crippen LogP contribution in [0.3, 0.4) is 0 Å². The third-order valence-electron chi connectivity index (χ3n) is 3.23. The Balaban J connectivity index is 2.01. The first-order valence-corrected chi connectivity index (χ1v) is 5.55. The molecule has 2 fully saturated rings. The van der Waals surface area contributed by atoms with Crippen molar-refractivity contribution in [1.29, 1.82) is 0 Å². The molecule has 1 saturated carbocycles. The maximum absolute atomic E-state index is 5.92. The van der Waals surface area contributed by atoms with E-state index in [4.69, 9.17) is 20.9 Å². The molecular weight excluding hydrogens is 180 g/mol. The maximum atomic E-state index is 5.92. The van der Waals surface area contributed by atoms with Crippen LogP contribution in [0.25, 0.3) is 0 Å². The van der Waals surface area contributed by atoms with Gasteiger partial charge in [-0.25, -0.2) is 0 Å². The van der Waals surface area contributed by atoms with E-state index in [1.807, 2.05) is 0 Å². The molecule has 4 heteroatoms. The van der Waals surface area contributed by atoms with Crippen LogP contribution in [0.5, 0.6) is 0 Å². The molecule has 2 rings (SSSR count). The predicted molar refractivity (Wildman–Crippen MR) is 53.7 cm³/mol. The van der Waals surface area contributed by atoms with Gasteiger partial charge in [-0.1, -0.05) is 6.42 Å². The van der Waals surface area contributed by atoms with E-state index in [2.05, 4.69) is 0 Å². The van der Waals surface area contributed by atoms with E-state index in [1.54, 1.807) is 0 Å². The zero-order chi connectivity index (χ0) is 10.0. The van der Waals surface area contributed by atoms with E-state index in [9.17, 15) is 0 Å². The number of nitrogens with two attached hydrogens (primary N) is 2. The second-order valence-electron chi connectivity index (χ2n) is 4.26. The Morgan fingerprint density at radius 2 is 1.43 bits per heavy atom. The Morgan fingerprint density at radius 3 is 1.86 bits per heavy atom. The monoisotopic (exact) mass is 200 g/mol. The Labute approximate surface area is 84.9 Å². The summed E-state index contributed by atoms with van der Waals surface area (Å²) in [6.45, 7) is 1.01. The third-order valence-corrected chi connectivity index (χ3v) is 3.23. The van der Waals surface area contributed by atoms with Crippen LogP contribution in [0.4, 0.5) is 0 Å². The van der Waals surface area contributed by atoms with Crippen LogP contribution in [-0.2, 0) is 9.47 Å². The summed E-state index contributed by atoms with van der Waals surface area (Å²) in [7, 11) is 0. The first-order chi connectivity index (χ1) is 6.79. The molecule has 14 heavy (non-hydrogen) atoms. The van der Waals surface area contributed by atoms with Gasteiger partial charge in [0.2, 0.25) is 0 Å². The smallest absolute Gasteiger partial charge is 0.169 e. The fraction of sp³-hybridized carbons (Fsp3) is 1.00. The van der Waals surface area contributed by atoms with Crippen LogP contribution in [0.1, 0.15) is 32.1 Å². The fourth-order valence-electron chi connectivity index (χ4n) is 2.46. The predicted octanol–water partition coefficient (Wildman–Crippen LogP) is 0.348. The third kappa shape index (κ3) is 1.80. The molecule has 1 heterocycles. The van der Waals surface area contributed by atoms with Gasteiger partial charge in [-0.3, -0.25) is 0 Å². The lowest BCUT2D eigenvalue weighted by atomic mass is 9.94. The Kier molecular flexibility index (Phi) is 3.07. The molecule has 1 spiro atoms. The van der Waals surface area contributed by atoms with Gasteiger partial charge in [0, 0.05) is 25.9 Å². The summed E-state index contributed by atoms with van der Waals surface area (Å²) in [5.41, 5.74) is 11.3. The summed E-state index contributed by atoms with van der Waals surface area (Å²) in [6.07, 6.45) is 5.66. The van der Waals surface area contributed by atoms with Gasteiger partial charge in [0.05, 0.1) is 0 Å². The van der Waals surface area contributed by atoms with Crippen LogP contribution in [0.15, 0.2) is 0 Å². The highest BCUT2D eigenvalue weighted by Crippen LogP contribution is 2.39. The number of hydrogen-bond acceptors (Lipinski definition) is 4.